The molecular formula is C28H30F3N5O2S. The fourth-order valence-corrected chi connectivity index (χ4v) is 6.98. The van der Waals surface area contributed by atoms with Gasteiger partial charge in [0.1, 0.15) is 12.0 Å². The molecule has 7 nitrogen and oxygen atoms in total. The van der Waals surface area contributed by atoms with E-state index in [1.807, 2.05) is 34.6 Å². The van der Waals surface area contributed by atoms with Crippen molar-refractivity contribution in [3.05, 3.63) is 60.3 Å². The van der Waals surface area contributed by atoms with Crippen LogP contribution in [0.5, 0.6) is 5.88 Å². The zero-order chi connectivity index (χ0) is 27.6. The number of nitrogens with zero attached hydrogens (tertiary/aromatic N) is 5. The van der Waals surface area contributed by atoms with Crippen LogP contribution in [0.25, 0.3) is 5.82 Å². The molecule has 0 N–H and O–H groups in total. The number of pyridine rings is 1. The SMILES string of the molecule is CC1CC(C)(C)N2c3nc(-n4ccc(OCCC5(C(F)(F)F)CC5)n4)ccc3C(=O)N(Sc3ccccc3)C12. The first-order valence-electron chi connectivity index (χ1n) is 13.1. The Hall–Kier alpha value is -3.21. The number of hydrogen-bond acceptors (Lipinski definition) is 6. The van der Waals surface area contributed by atoms with Crippen LogP contribution in [0, 0.1) is 11.3 Å². The molecule has 2 fully saturated rings. The summed E-state index contributed by atoms with van der Waals surface area (Å²) in [6, 6.07) is 15.0. The second-order valence-electron chi connectivity index (χ2n) is 11.3. The predicted octanol–water partition coefficient (Wildman–Crippen LogP) is 6.49. The number of amides is 1. The van der Waals surface area contributed by atoms with Gasteiger partial charge in [0.15, 0.2) is 5.82 Å². The second-order valence-corrected chi connectivity index (χ2v) is 12.4. The molecule has 4 heterocycles. The fourth-order valence-electron chi connectivity index (χ4n) is 5.89. The highest BCUT2D eigenvalue weighted by molar-refractivity contribution is 7.97. The highest BCUT2D eigenvalue weighted by Gasteiger charge is 2.62. The number of hydrogen-bond donors (Lipinski definition) is 0. The third kappa shape index (κ3) is 4.54. The molecule has 0 bridgehead atoms. The third-order valence-electron chi connectivity index (χ3n) is 8.04. The van der Waals surface area contributed by atoms with Gasteiger partial charge < -0.3 is 9.64 Å². The number of halogens is 3. The predicted molar refractivity (Wildman–Crippen MR) is 142 cm³/mol. The lowest BCUT2D eigenvalue weighted by Gasteiger charge is -2.46. The largest absolute Gasteiger partial charge is 0.477 e. The average Bonchev–Trinajstić information content (AvgIpc) is 3.47. The molecule has 3 aromatic rings. The van der Waals surface area contributed by atoms with Gasteiger partial charge in [-0.25, -0.2) is 9.67 Å². The van der Waals surface area contributed by atoms with Crippen LogP contribution in [0.15, 0.2) is 59.6 Å². The van der Waals surface area contributed by atoms with Gasteiger partial charge in [0, 0.05) is 22.7 Å². The first-order chi connectivity index (χ1) is 18.5. The van der Waals surface area contributed by atoms with Gasteiger partial charge in [-0.2, -0.15) is 13.2 Å². The van der Waals surface area contributed by atoms with Gasteiger partial charge >= 0.3 is 6.18 Å². The lowest BCUT2D eigenvalue weighted by molar-refractivity contribution is -0.190. The van der Waals surface area contributed by atoms with Crippen LogP contribution in [0.1, 0.15) is 56.8 Å². The number of aromatic nitrogens is 3. The maximum Gasteiger partial charge on any atom is 0.394 e. The molecule has 1 aliphatic carbocycles. The van der Waals surface area contributed by atoms with E-state index in [0.29, 0.717) is 17.2 Å². The Labute approximate surface area is 229 Å². The van der Waals surface area contributed by atoms with Gasteiger partial charge in [-0.15, -0.1) is 5.10 Å². The Morgan fingerprint density at radius 1 is 1.10 bits per heavy atom. The topological polar surface area (TPSA) is 63.5 Å². The standard InChI is InChI=1S/C28H30F3N5O2S/c1-18-17-26(2,3)35-23-20(25(37)36(24(18)35)39-19-7-5-4-6-8-19)9-10-21(32-23)34-15-11-22(33-34)38-16-14-27(12-13-27)28(29,30)31/h4-11,15,18,24H,12-14,16-17H2,1-3H3. The molecule has 2 aliphatic heterocycles. The van der Waals surface area contributed by atoms with Gasteiger partial charge in [0.05, 0.1) is 17.6 Å². The number of fused-ring (bicyclic) bond motifs is 3. The smallest absolute Gasteiger partial charge is 0.394 e. The minimum absolute atomic E-state index is 0.0565. The summed E-state index contributed by atoms with van der Waals surface area (Å²) in [5.74, 6) is 1.48. The number of alkyl halides is 3. The van der Waals surface area contributed by atoms with Crippen molar-refractivity contribution in [1.82, 2.24) is 19.1 Å². The van der Waals surface area contributed by atoms with Crippen LogP contribution in [-0.4, -0.2) is 49.5 Å². The minimum atomic E-state index is -4.20. The number of carbonyl (C=O) groups is 1. The maximum absolute atomic E-state index is 13.8. The summed E-state index contributed by atoms with van der Waals surface area (Å²) in [5.41, 5.74) is -1.33. The number of anilines is 1. The van der Waals surface area contributed by atoms with E-state index in [9.17, 15) is 18.0 Å². The highest BCUT2D eigenvalue weighted by atomic mass is 32.2. The van der Waals surface area contributed by atoms with Crippen molar-refractivity contribution in [2.24, 2.45) is 11.3 Å². The van der Waals surface area contributed by atoms with Crippen LogP contribution in [0.4, 0.5) is 19.0 Å². The van der Waals surface area contributed by atoms with E-state index in [1.165, 1.54) is 16.6 Å². The Morgan fingerprint density at radius 2 is 1.85 bits per heavy atom. The molecule has 2 unspecified atom stereocenters. The van der Waals surface area contributed by atoms with E-state index < -0.39 is 11.6 Å². The quantitative estimate of drug-likeness (QED) is 0.310. The summed E-state index contributed by atoms with van der Waals surface area (Å²) in [6.45, 7) is 6.43. The van der Waals surface area contributed by atoms with Crippen molar-refractivity contribution in [3.8, 4) is 11.7 Å². The molecule has 39 heavy (non-hydrogen) atoms. The monoisotopic (exact) mass is 557 g/mol. The van der Waals surface area contributed by atoms with Crippen molar-refractivity contribution in [3.63, 3.8) is 0 Å². The summed E-state index contributed by atoms with van der Waals surface area (Å²) in [6.07, 6.45) is -1.59. The molecule has 0 spiro atoms. The third-order valence-corrected chi connectivity index (χ3v) is 9.10. The molecule has 2 atom stereocenters. The molecule has 1 amide bonds. The maximum atomic E-state index is 13.8. The number of benzene rings is 1. The summed E-state index contributed by atoms with van der Waals surface area (Å²) in [4.78, 5) is 21.9. The molecule has 1 saturated heterocycles. The number of ether oxygens (including phenoxy) is 1. The van der Waals surface area contributed by atoms with E-state index in [0.717, 1.165) is 11.3 Å². The van der Waals surface area contributed by atoms with Gasteiger partial charge in [-0.05, 0) is 81.7 Å². The van der Waals surface area contributed by atoms with Crippen molar-refractivity contribution in [2.75, 3.05) is 11.5 Å². The molecule has 2 aromatic heterocycles. The lowest BCUT2D eigenvalue weighted by atomic mass is 9.97. The Bertz CT molecular complexity index is 1390. The van der Waals surface area contributed by atoms with E-state index >= 15 is 0 Å². The number of carbonyl (C=O) groups excluding carboxylic acids is 1. The van der Waals surface area contributed by atoms with Gasteiger partial charge in [-0.3, -0.25) is 9.10 Å². The molecule has 3 aliphatic rings. The number of rotatable bonds is 7. The van der Waals surface area contributed by atoms with E-state index in [-0.39, 0.29) is 55.3 Å². The van der Waals surface area contributed by atoms with Gasteiger partial charge in [0.25, 0.3) is 5.91 Å². The van der Waals surface area contributed by atoms with Crippen LogP contribution >= 0.6 is 11.9 Å². The van der Waals surface area contributed by atoms with Crippen molar-refractivity contribution < 1.29 is 22.7 Å². The van der Waals surface area contributed by atoms with E-state index in [2.05, 4.69) is 30.8 Å². The van der Waals surface area contributed by atoms with Crippen LogP contribution in [0.3, 0.4) is 0 Å². The summed E-state index contributed by atoms with van der Waals surface area (Å²) in [5, 5.41) is 4.39. The van der Waals surface area contributed by atoms with Crippen molar-refractivity contribution in [1.29, 1.82) is 0 Å². The summed E-state index contributed by atoms with van der Waals surface area (Å²) >= 11 is 1.45. The summed E-state index contributed by atoms with van der Waals surface area (Å²) in [7, 11) is 0. The fraction of sp³-hybridized carbons (Fsp3) is 0.464. The Kier molecular flexibility index (Phi) is 6.13. The normalized spacial score (nSPS) is 23.0. The van der Waals surface area contributed by atoms with Gasteiger partial charge in [0.2, 0.25) is 5.88 Å². The molecule has 1 aromatic carbocycles. The van der Waals surface area contributed by atoms with Crippen LogP contribution < -0.4 is 9.64 Å². The molecule has 6 rings (SSSR count). The zero-order valence-electron chi connectivity index (χ0n) is 22.0. The first kappa shape index (κ1) is 26.0. The van der Waals surface area contributed by atoms with E-state index in [1.54, 1.807) is 24.4 Å². The highest BCUT2D eigenvalue weighted by Crippen LogP contribution is 2.59. The molecule has 11 heteroatoms. The van der Waals surface area contributed by atoms with Crippen LogP contribution in [0.2, 0.25) is 0 Å². The Balaban J connectivity index is 1.26. The van der Waals surface area contributed by atoms with Crippen molar-refractivity contribution >= 4 is 23.7 Å². The lowest BCUT2D eigenvalue weighted by Crippen LogP contribution is -2.56. The average molecular weight is 558 g/mol. The first-order valence-corrected chi connectivity index (χ1v) is 13.9. The van der Waals surface area contributed by atoms with Crippen LogP contribution in [-0.2, 0) is 0 Å². The molecular weight excluding hydrogens is 527 g/mol. The second kappa shape index (κ2) is 9.18. The van der Waals surface area contributed by atoms with Gasteiger partial charge in [-0.1, -0.05) is 25.1 Å². The van der Waals surface area contributed by atoms with Crippen molar-refractivity contribution in [2.45, 2.75) is 69.2 Å². The molecule has 1 saturated carbocycles. The summed E-state index contributed by atoms with van der Waals surface area (Å²) < 4.78 is 48.6. The molecule has 206 valence electrons. The minimum Gasteiger partial charge on any atom is -0.477 e. The molecule has 0 radical (unpaired) electrons. The zero-order valence-corrected chi connectivity index (χ0v) is 22.8. The Morgan fingerprint density at radius 3 is 2.54 bits per heavy atom. The van der Waals surface area contributed by atoms with E-state index in [4.69, 9.17) is 9.72 Å².